The van der Waals surface area contributed by atoms with E-state index >= 15 is 0 Å². The summed E-state index contributed by atoms with van der Waals surface area (Å²) in [5.41, 5.74) is 1.07. The van der Waals surface area contributed by atoms with Crippen molar-refractivity contribution in [2.24, 2.45) is 4.99 Å². The topological polar surface area (TPSA) is 52.1 Å². The van der Waals surface area contributed by atoms with E-state index in [1.165, 1.54) is 0 Å². The van der Waals surface area contributed by atoms with Gasteiger partial charge in [0.25, 0.3) is 0 Å². The summed E-state index contributed by atoms with van der Waals surface area (Å²) in [6.07, 6.45) is 1.76. The fourth-order valence-electron chi connectivity index (χ4n) is 3.07. The lowest BCUT2D eigenvalue weighted by Gasteiger charge is -2.36. The third-order valence-corrected chi connectivity index (χ3v) is 4.81. The van der Waals surface area contributed by atoms with E-state index in [1.54, 1.807) is 6.08 Å². The van der Waals surface area contributed by atoms with Crippen LogP contribution < -0.4 is 15.4 Å². The van der Waals surface area contributed by atoms with Crippen molar-refractivity contribution in [3.05, 3.63) is 42.5 Å². The van der Waals surface area contributed by atoms with E-state index in [-0.39, 0.29) is 24.0 Å². The molecule has 0 radical (unpaired) electrons. The van der Waals surface area contributed by atoms with E-state index in [0.29, 0.717) is 19.2 Å². The molecule has 2 rings (SSSR count). The molecule has 1 aliphatic heterocycles. The van der Waals surface area contributed by atoms with Crippen LogP contribution in [0.2, 0.25) is 0 Å². The van der Waals surface area contributed by atoms with Gasteiger partial charge in [0, 0.05) is 50.9 Å². The number of piperazine rings is 1. The lowest BCUT2D eigenvalue weighted by Crippen LogP contribution is -2.52. The predicted octanol–water partition coefficient (Wildman–Crippen LogP) is 2.56. The molecule has 0 saturated carbocycles. The van der Waals surface area contributed by atoms with Gasteiger partial charge in [0.1, 0.15) is 12.4 Å². The molecule has 28 heavy (non-hydrogen) atoms. The quantitative estimate of drug-likeness (QED) is 0.236. The zero-order valence-corrected chi connectivity index (χ0v) is 19.8. The summed E-state index contributed by atoms with van der Waals surface area (Å²) >= 11 is 0. The van der Waals surface area contributed by atoms with Gasteiger partial charge in [-0.25, -0.2) is 4.99 Å². The molecule has 0 amide bonds. The zero-order valence-electron chi connectivity index (χ0n) is 17.5. The van der Waals surface area contributed by atoms with E-state index in [4.69, 9.17) is 9.73 Å². The summed E-state index contributed by atoms with van der Waals surface area (Å²) in [7, 11) is 2.19. The van der Waals surface area contributed by atoms with Crippen molar-refractivity contribution in [1.82, 2.24) is 20.4 Å². The Bertz CT molecular complexity index is 602. The Morgan fingerprint density at radius 1 is 1.25 bits per heavy atom. The van der Waals surface area contributed by atoms with Gasteiger partial charge in [0.2, 0.25) is 0 Å². The number of para-hydroxylation sites is 1. The molecule has 1 aromatic carbocycles. The highest BCUT2D eigenvalue weighted by Gasteiger charge is 2.19. The van der Waals surface area contributed by atoms with E-state index in [1.807, 2.05) is 18.2 Å². The summed E-state index contributed by atoms with van der Waals surface area (Å²) in [4.78, 5) is 9.66. The molecule has 6 nitrogen and oxygen atoms in total. The second kappa shape index (κ2) is 13.8. The van der Waals surface area contributed by atoms with Gasteiger partial charge in [-0.1, -0.05) is 30.9 Å². The number of nitrogens with one attached hydrogen (secondary N) is 2. The van der Waals surface area contributed by atoms with Gasteiger partial charge < -0.3 is 20.3 Å². The molecule has 2 N–H and O–H groups in total. The van der Waals surface area contributed by atoms with Crippen LogP contribution in [-0.2, 0) is 6.54 Å². The maximum absolute atomic E-state index is 5.73. The maximum Gasteiger partial charge on any atom is 0.191 e. The zero-order chi connectivity index (χ0) is 19.5. The van der Waals surface area contributed by atoms with E-state index in [2.05, 4.69) is 54.0 Å². The highest BCUT2D eigenvalue weighted by Crippen LogP contribution is 2.18. The highest BCUT2D eigenvalue weighted by molar-refractivity contribution is 14.0. The average molecular weight is 501 g/mol. The minimum absolute atomic E-state index is 0. The molecule has 1 fully saturated rings. The molecule has 1 unspecified atom stereocenters. The summed E-state index contributed by atoms with van der Waals surface area (Å²) in [5.74, 6) is 1.71. The molecule has 7 heteroatoms. The van der Waals surface area contributed by atoms with Crippen LogP contribution in [0.3, 0.4) is 0 Å². The van der Waals surface area contributed by atoms with Crippen molar-refractivity contribution in [3.8, 4) is 5.75 Å². The molecule has 0 aromatic heterocycles. The van der Waals surface area contributed by atoms with Crippen LogP contribution in [0, 0.1) is 0 Å². The van der Waals surface area contributed by atoms with E-state index in [0.717, 1.165) is 56.5 Å². The first kappa shape index (κ1) is 24.7. The number of halogens is 1. The molecule has 1 heterocycles. The maximum atomic E-state index is 5.73. The van der Waals surface area contributed by atoms with Gasteiger partial charge >= 0.3 is 0 Å². The second-order valence-electron chi connectivity index (χ2n) is 6.97. The van der Waals surface area contributed by atoms with Gasteiger partial charge in [-0.3, -0.25) is 4.90 Å². The molecule has 0 aliphatic carbocycles. The monoisotopic (exact) mass is 501 g/mol. The molecule has 1 aliphatic rings. The van der Waals surface area contributed by atoms with Crippen LogP contribution in [0.25, 0.3) is 0 Å². The van der Waals surface area contributed by atoms with Crippen molar-refractivity contribution in [2.45, 2.75) is 26.4 Å². The molecule has 158 valence electrons. The highest BCUT2D eigenvalue weighted by atomic mass is 127. The summed E-state index contributed by atoms with van der Waals surface area (Å²) in [6.45, 7) is 15.4. The van der Waals surface area contributed by atoms with Crippen LogP contribution in [0.1, 0.15) is 19.4 Å². The standard InChI is InChI=1S/C21H35N5O.HI/c1-5-15-27-20-10-8-7-9-19(20)17-24-21(22-6-2)23-16-18(3)26-13-11-25(4)12-14-26;/h5,7-10,18H,1,6,11-17H2,2-4H3,(H2,22,23,24);1H. The van der Waals surface area contributed by atoms with Gasteiger partial charge in [-0.2, -0.15) is 0 Å². The predicted molar refractivity (Wildman–Crippen MR) is 129 cm³/mol. The fourth-order valence-corrected chi connectivity index (χ4v) is 3.07. The minimum atomic E-state index is 0. The third kappa shape index (κ3) is 8.36. The third-order valence-electron chi connectivity index (χ3n) is 4.81. The second-order valence-corrected chi connectivity index (χ2v) is 6.97. The smallest absolute Gasteiger partial charge is 0.191 e. The van der Waals surface area contributed by atoms with Crippen molar-refractivity contribution in [2.75, 3.05) is 52.9 Å². The number of rotatable bonds is 9. The van der Waals surface area contributed by atoms with Gasteiger partial charge in [0.15, 0.2) is 5.96 Å². The Kier molecular flexibility index (Phi) is 12.2. The minimum Gasteiger partial charge on any atom is -0.489 e. The molecule has 0 spiro atoms. The summed E-state index contributed by atoms with van der Waals surface area (Å²) < 4.78 is 5.73. The molecule has 1 aromatic rings. The Morgan fingerprint density at radius 3 is 2.64 bits per heavy atom. The van der Waals surface area contributed by atoms with Crippen LogP contribution in [0.5, 0.6) is 5.75 Å². The molecular formula is C21H36IN5O. The number of likely N-dealkylation sites (N-methyl/N-ethyl adjacent to an activating group) is 1. The van der Waals surface area contributed by atoms with Crippen LogP contribution >= 0.6 is 24.0 Å². The normalized spacial score (nSPS) is 16.8. The SMILES string of the molecule is C=CCOc1ccccc1CN=C(NCC)NCC(C)N1CCN(C)CC1.I. The van der Waals surface area contributed by atoms with Gasteiger partial charge in [-0.05, 0) is 27.0 Å². The molecular weight excluding hydrogens is 465 g/mol. The number of hydrogen-bond donors (Lipinski definition) is 2. The number of aliphatic imine (C=N–C) groups is 1. The number of hydrogen-bond acceptors (Lipinski definition) is 4. The van der Waals surface area contributed by atoms with E-state index in [9.17, 15) is 0 Å². The molecule has 1 atom stereocenters. The Labute approximate surface area is 187 Å². The van der Waals surface area contributed by atoms with Gasteiger partial charge in [0.05, 0.1) is 6.54 Å². The number of guanidine groups is 1. The van der Waals surface area contributed by atoms with Crippen LogP contribution in [0.4, 0.5) is 0 Å². The Balaban J connectivity index is 0.00000392. The first-order chi connectivity index (χ1) is 13.1. The first-order valence-electron chi connectivity index (χ1n) is 9.90. The number of benzene rings is 1. The lowest BCUT2D eigenvalue weighted by molar-refractivity contribution is 0.120. The first-order valence-corrected chi connectivity index (χ1v) is 9.90. The fraction of sp³-hybridized carbons (Fsp3) is 0.571. The Morgan fingerprint density at radius 2 is 1.96 bits per heavy atom. The number of nitrogens with zero attached hydrogens (tertiary/aromatic N) is 3. The Hall–Kier alpha value is -1.32. The summed E-state index contributed by atoms with van der Waals surface area (Å²) in [5, 5.41) is 6.82. The lowest BCUT2D eigenvalue weighted by atomic mass is 10.2. The molecule has 1 saturated heterocycles. The molecule has 0 bridgehead atoms. The van der Waals surface area contributed by atoms with Gasteiger partial charge in [-0.15, -0.1) is 24.0 Å². The van der Waals surface area contributed by atoms with E-state index < -0.39 is 0 Å². The average Bonchev–Trinajstić information content (AvgIpc) is 2.69. The van der Waals surface area contributed by atoms with Crippen molar-refractivity contribution in [3.63, 3.8) is 0 Å². The van der Waals surface area contributed by atoms with Crippen LogP contribution in [0.15, 0.2) is 41.9 Å². The largest absolute Gasteiger partial charge is 0.489 e. The van der Waals surface area contributed by atoms with Crippen molar-refractivity contribution >= 4 is 29.9 Å². The van der Waals surface area contributed by atoms with Crippen molar-refractivity contribution in [1.29, 1.82) is 0 Å². The van der Waals surface area contributed by atoms with Crippen LogP contribution in [-0.4, -0.2) is 74.7 Å². The number of ether oxygens (including phenoxy) is 1. The summed E-state index contributed by atoms with van der Waals surface area (Å²) in [6, 6.07) is 8.50. The van der Waals surface area contributed by atoms with Crippen molar-refractivity contribution < 1.29 is 4.74 Å².